The molecule has 0 aliphatic rings. The summed E-state index contributed by atoms with van der Waals surface area (Å²) in [4.78, 5) is 11.7. The van der Waals surface area contributed by atoms with Crippen LogP contribution >= 0.6 is 15.9 Å². The summed E-state index contributed by atoms with van der Waals surface area (Å²) in [6, 6.07) is 4.24. The van der Waals surface area contributed by atoms with Crippen LogP contribution in [0, 0.1) is 5.82 Å². The molecule has 0 spiro atoms. The van der Waals surface area contributed by atoms with Crippen LogP contribution in [0.4, 0.5) is 10.1 Å². The first-order valence-corrected chi connectivity index (χ1v) is 5.12. The van der Waals surface area contributed by atoms with E-state index in [0.29, 0.717) is 5.69 Å². The highest BCUT2D eigenvalue weighted by Gasteiger charge is 2.13. The van der Waals surface area contributed by atoms with E-state index < -0.39 is 11.7 Å². The molecule has 0 bridgehead atoms. The molecule has 1 aromatic carbocycles. The number of aromatic nitrogens is 1. The molecule has 0 saturated heterocycles. The summed E-state index contributed by atoms with van der Waals surface area (Å²) in [5.74, 6) is -0.924. The predicted molar refractivity (Wildman–Crippen MR) is 58.6 cm³/mol. The third-order valence-electron chi connectivity index (χ3n) is 1.89. The first-order valence-electron chi connectivity index (χ1n) is 4.33. The van der Waals surface area contributed by atoms with Crippen LogP contribution in [-0.4, -0.2) is 11.1 Å². The molecule has 4 nitrogen and oxygen atoms in total. The van der Waals surface area contributed by atoms with Gasteiger partial charge in [0.1, 0.15) is 17.8 Å². The van der Waals surface area contributed by atoms with E-state index in [-0.39, 0.29) is 10.0 Å². The fourth-order valence-corrected chi connectivity index (χ4v) is 1.59. The normalized spacial score (nSPS) is 10.1. The summed E-state index contributed by atoms with van der Waals surface area (Å²) in [5.41, 5.74) is 0.627. The predicted octanol–water partition coefficient (Wildman–Crippen LogP) is 2.83. The van der Waals surface area contributed by atoms with Crippen molar-refractivity contribution in [3.63, 3.8) is 0 Å². The molecule has 82 valence electrons. The second kappa shape index (κ2) is 4.44. The summed E-state index contributed by atoms with van der Waals surface area (Å²) in [6.45, 7) is 0. The molecule has 1 amide bonds. The number of hydrogen-bond donors (Lipinski definition) is 1. The van der Waals surface area contributed by atoms with Gasteiger partial charge in [-0.3, -0.25) is 4.79 Å². The number of rotatable bonds is 2. The van der Waals surface area contributed by atoms with Gasteiger partial charge in [-0.2, -0.15) is 0 Å². The Morgan fingerprint density at radius 1 is 1.50 bits per heavy atom. The van der Waals surface area contributed by atoms with Crippen LogP contribution in [0.1, 0.15) is 10.4 Å². The number of benzene rings is 1. The summed E-state index contributed by atoms with van der Waals surface area (Å²) >= 11 is 3.01. The molecule has 2 rings (SSSR count). The molecular formula is C10H6BrFN2O2. The Kier molecular flexibility index (Phi) is 3.00. The van der Waals surface area contributed by atoms with E-state index in [4.69, 9.17) is 0 Å². The van der Waals surface area contributed by atoms with Crippen LogP contribution in [-0.2, 0) is 0 Å². The molecule has 0 saturated carbocycles. The highest BCUT2D eigenvalue weighted by Crippen LogP contribution is 2.21. The van der Waals surface area contributed by atoms with Gasteiger partial charge in [0.05, 0.1) is 16.2 Å². The van der Waals surface area contributed by atoms with Gasteiger partial charge in [0.2, 0.25) is 0 Å². The van der Waals surface area contributed by atoms with E-state index in [1.54, 1.807) is 0 Å². The van der Waals surface area contributed by atoms with E-state index in [2.05, 4.69) is 30.9 Å². The summed E-state index contributed by atoms with van der Waals surface area (Å²) < 4.78 is 17.8. The van der Waals surface area contributed by atoms with Crippen molar-refractivity contribution in [2.45, 2.75) is 0 Å². The number of carbonyl (C=O) groups excluding carboxylic acids is 1. The maximum atomic E-state index is 13.2. The molecule has 2 aromatic rings. The van der Waals surface area contributed by atoms with Crippen molar-refractivity contribution in [2.75, 3.05) is 5.32 Å². The van der Waals surface area contributed by atoms with Gasteiger partial charge in [0.25, 0.3) is 5.91 Å². The zero-order chi connectivity index (χ0) is 11.5. The van der Waals surface area contributed by atoms with Crippen molar-refractivity contribution < 1.29 is 13.7 Å². The van der Waals surface area contributed by atoms with Crippen molar-refractivity contribution in [3.05, 3.63) is 46.5 Å². The summed E-state index contributed by atoms with van der Waals surface area (Å²) in [7, 11) is 0. The fourth-order valence-electron chi connectivity index (χ4n) is 1.14. The maximum absolute atomic E-state index is 13.2. The van der Waals surface area contributed by atoms with E-state index in [0.717, 1.165) is 0 Å². The Balaban J connectivity index is 2.24. The lowest BCUT2D eigenvalue weighted by Crippen LogP contribution is -2.12. The number of nitrogens with one attached hydrogen (secondary N) is 1. The van der Waals surface area contributed by atoms with Crippen LogP contribution < -0.4 is 5.32 Å². The second-order valence-electron chi connectivity index (χ2n) is 2.97. The molecule has 0 unspecified atom stereocenters. The molecule has 0 aliphatic heterocycles. The van der Waals surface area contributed by atoms with Crippen molar-refractivity contribution in [1.82, 2.24) is 5.16 Å². The fraction of sp³-hybridized carbons (Fsp3) is 0. The van der Waals surface area contributed by atoms with E-state index in [1.165, 1.54) is 30.7 Å². The molecule has 0 atom stereocenters. The molecule has 1 aromatic heterocycles. The standard InChI is InChI=1S/C10H6BrFN2O2/c11-9-7(2-1-3-8(9)12)10(15)14-6-4-13-16-5-6/h1-5H,(H,14,15). The van der Waals surface area contributed by atoms with Crippen molar-refractivity contribution in [3.8, 4) is 0 Å². The number of halogens is 2. The Labute approximate surface area is 98.6 Å². The highest BCUT2D eigenvalue weighted by molar-refractivity contribution is 9.10. The lowest BCUT2D eigenvalue weighted by Gasteiger charge is -2.04. The maximum Gasteiger partial charge on any atom is 0.257 e. The quantitative estimate of drug-likeness (QED) is 0.923. The van der Waals surface area contributed by atoms with Crippen LogP contribution in [0.25, 0.3) is 0 Å². The lowest BCUT2D eigenvalue weighted by molar-refractivity contribution is 0.102. The van der Waals surface area contributed by atoms with Gasteiger partial charge < -0.3 is 9.84 Å². The molecule has 16 heavy (non-hydrogen) atoms. The van der Waals surface area contributed by atoms with E-state index in [9.17, 15) is 9.18 Å². The molecule has 1 N–H and O–H groups in total. The minimum Gasteiger partial charge on any atom is -0.363 e. The Hall–Kier alpha value is -1.69. The molecule has 0 fully saturated rings. The Morgan fingerprint density at radius 3 is 3.00 bits per heavy atom. The van der Waals surface area contributed by atoms with Crippen LogP contribution in [0.5, 0.6) is 0 Å². The first kappa shape index (κ1) is 10.8. The third-order valence-corrected chi connectivity index (χ3v) is 2.69. The average molecular weight is 285 g/mol. The largest absolute Gasteiger partial charge is 0.363 e. The third kappa shape index (κ3) is 2.11. The highest BCUT2D eigenvalue weighted by atomic mass is 79.9. The van der Waals surface area contributed by atoms with Gasteiger partial charge in [0.15, 0.2) is 0 Å². The SMILES string of the molecule is O=C(Nc1cnoc1)c1cccc(F)c1Br. The van der Waals surface area contributed by atoms with Crippen LogP contribution in [0.3, 0.4) is 0 Å². The minimum absolute atomic E-state index is 0.129. The van der Waals surface area contributed by atoms with Gasteiger partial charge in [0, 0.05) is 0 Å². The van der Waals surface area contributed by atoms with Gasteiger partial charge in [-0.15, -0.1) is 0 Å². The number of nitrogens with zero attached hydrogens (tertiary/aromatic N) is 1. The van der Waals surface area contributed by atoms with E-state index in [1.807, 2.05) is 0 Å². The molecule has 1 heterocycles. The van der Waals surface area contributed by atoms with Gasteiger partial charge in [-0.1, -0.05) is 11.2 Å². The topological polar surface area (TPSA) is 55.1 Å². The van der Waals surface area contributed by atoms with Crippen LogP contribution in [0.2, 0.25) is 0 Å². The monoisotopic (exact) mass is 284 g/mol. The smallest absolute Gasteiger partial charge is 0.257 e. The van der Waals surface area contributed by atoms with Crippen LogP contribution in [0.15, 0.2) is 39.7 Å². The van der Waals surface area contributed by atoms with Crippen molar-refractivity contribution >= 4 is 27.5 Å². The molecule has 0 radical (unpaired) electrons. The van der Waals surface area contributed by atoms with Gasteiger partial charge in [-0.05, 0) is 28.1 Å². The summed E-state index contributed by atoms with van der Waals surface area (Å²) in [6.07, 6.45) is 2.64. The number of amides is 1. The number of anilines is 1. The lowest BCUT2D eigenvalue weighted by atomic mass is 10.2. The Morgan fingerprint density at radius 2 is 2.31 bits per heavy atom. The zero-order valence-corrected chi connectivity index (χ0v) is 9.49. The first-order chi connectivity index (χ1) is 7.68. The van der Waals surface area contributed by atoms with Crippen molar-refractivity contribution in [2.24, 2.45) is 0 Å². The van der Waals surface area contributed by atoms with Gasteiger partial charge in [-0.25, -0.2) is 4.39 Å². The summed E-state index contributed by atoms with van der Waals surface area (Å²) in [5, 5.41) is 5.95. The second-order valence-corrected chi connectivity index (χ2v) is 3.76. The number of hydrogen-bond acceptors (Lipinski definition) is 3. The molecule has 0 aliphatic carbocycles. The van der Waals surface area contributed by atoms with E-state index >= 15 is 0 Å². The minimum atomic E-state index is -0.488. The zero-order valence-electron chi connectivity index (χ0n) is 7.91. The molecular weight excluding hydrogens is 279 g/mol. The van der Waals surface area contributed by atoms with Crippen molar-refractivity contribution in [1.29, 1.82) is 0 Å². The molecule has 6 heteroatoms. The Bertz CT molecular complexity index is 514. The number of carbonyl (C=O) groups is 1. The van der Waals surface area contributed by atoms with Gasteiger partial charge >= 0.3 is 0 Å². The average Bonchev–Trinajstić information content (AvgIpc) is 2.74.